The Balaban J connectivity index is 2.16. The largest absolute Gasteiger partial charge is 0.461 e. The quantitative estimate of drug-likeness (QED) is 0.431. The molecule has 0 aromatic rings. The molecule has 0 radical (unpaired) electrons. The number of esters is 1. The van der Waals surface area contributed by atoms with Gasteiger partial charge in [-0.1, -0.05) is 19.3 Å². The molecule has 1 N–H and O–H groups in total. The minimum Gasteiger partial charge on any atom is -0.461 e. The molecule has 1 aliphatic carbocycles. The fourth-order valence-electron chi connectivity index (χ4n) is 1.95. The molecule has 3 heteroatoms. The number of rotatable bonds is 4. The molecule has 84 valence electrons. The molecule has 1 rings (SSSR count). The molecule has 0 aromatic carbocycles. The molecule has 2 atom stereocenters. The molecule has 1 saturated carbocycles. The van der Waals surface area contributed by atoms with E-state index in [-0.39, 0.29) is 18.6 Å². The van der Waals surface area contributed by atoms with Gasteiger partial charge in [0.15, 0.2) is 0 Å². The summed E-state index contributed by atoms with van der Waals surface area (Å²) in [5, 5.41) is 2.82. The lowest BCUT2D eigenvalue weighted by atomic mass is 9.89. The number of carbonyl (C=O) groups is 1. The van der Waals surface area contributed by atoms with E-state index in [1.807, 2.05) is 0 Å². The van der Waals surface area contributed by atoms with Gasteiger partial charge in [0, 0.05) is 0 Å². The number of hydrogen-bond acceptors (Lipinski definition) is 3. The third-order valence-corrected chi connectivity index (χ3v) is 2.68. The topological polar surface area (TPSA) is 38.3 Å². The van der Waals surface area contributed by atoms with Crippen molar-refractivity contribution in [3.8, 4) is 12.3 Å². The molecule has 2 unspecified atom stereocenters. The highest BCUT2D eigenvalue weighted by molar-refractivity contribution is 5.71. The number of nitrogens with one attached hydrogen (secondary N) is 1. The molecule has 15 heavy (non-hydrogen) atoms. The first-order valence-electron chi connectivity index (χ1n) is 5.56. The van der Waals surface area contributed by atoms with Crippen LogP contribution in [-0.2, 0) is 9.53 Å². The van der Waals surface area contributed by atoms with Crippen LogP contribution in [0.4, 0.5) is 0 Å². The maximum Gasteiger partial charge on any atom is 0.320 e. The lowest BCUT2D eigenvalue weighted by Crippen LogP contribution is -2.30. The summed E-state index contributed by atoms with van der Waals surface area (Å²) >= 11 is 0. The van der Waals surface area contributed by atoms with Crippen molar-refractivity contribution in [3.05, 3.63) is 0 Å². The van der Waals surface area contributed by atoms with Crippen LogP contribution in [0.1, 0.15) is 32.6 Å². The van der Waals surface area contributed by atoms with Crippen LogP contribution >= 0.6 is 0 Å². The molecule has 0 aliphatic heterocycles. The van der Waals surface area contributed by atoms with Gasteiger partial charge in [-0.25, -0.2) is 0 Å². The number of hydrogen-bond donors (Lipinski definition) is 1. The maximum absolute atomic E-state index is 11.3. The fraction of sp³-hybridized carbons (Fsp3) is 0.750. The Hall–Kier alpha value is -1.01. The Labute approximate surface area is 91.6 Å². The summed E-state index contributed by atoms with van der Waals surface area (Å²) in [4.78, 5) is 11.3. The van der Waals surface area contributed by atoms with Crippen molar-refractivity contribution in [3.63, 3.8) is 0 Å². The zero-order valence-electron chi connectivity index (χ0n) is 9.29. The molecular weight excluding hydrogens is 190 g/mol. The molecule has 0 heterocycles. The summed E-state index contributed by atoms with van der Waals surface area (Å²) in [5.41, 5.74) is 0. The molecule has 1 fully saturated rings. The van der Waals surface area contributed by atoms with Gasteiger partial charge in [-0.15, -0.1) is 6.42 Å². The fourth-order valence-corrected chi connectivity index (χ4v) is 1.95. The summed E-state index contributed by atoms with van der Waals surface area (Å²) < 4.78 is 5.34. The Kier molecular flexibility index (Phi) is 5.20. The molecular formula is C12H19NO2. The molecule has 0 amide bonds. The highest BCUT2D eigenvalue weighted by Gasteiger charge is 2.21. The maximum atomic E-state index is 11.3. The zero-order chi connectivity index (χ0) is 11.1. The molecule has 0 spiro atoms. The second-order valence-corrected chi connectivity index (χ2v) is 4.19. The minimum absolute atomic E-state index is 0.119. The Bertz CT molecular complexity index is 244. The van der Waals surface area contributed by atoms with Gasteiger partial charge >= 0.3 is 5.97 Å². The van der Waals surface area contributed by atoms with Crippen LogP contribution in [0.3, 0.4) is 0 Å². The first kappa shape index (κ1) is 12.1. The molecule has 0 saturated heterocycles. The first-order valence-corrected chi connectivity index (χ1v) is 5.56. The summed E-state index contributed by atoms with van der Waals surface area (Å²) in [6.45, 7) is 2.84. The molecule has 1 aliphatic rings. The van der Waals surface area contributed by atoms with Gasteiger partial charge in [-0.3, -0.25) is 10.1 Å². The predicted molar refractivity (Wildman–Crippen MR) is 59.2 cm³/mol. The van der Waals surface area contributed by atoms with E-state index in [0.29, 0.717) is 12.5 Å². The SMILES string of the molecule is C#CCNCC(=O)OC1CCCC(C)C1. The summed E-state index contributed by atoms with van der Waals surface area (Å²) in [6.07, 6.45) is 9.59. The van der Waals surface area contributed by atoms with Crippen molar-refractivity contribution in [1.29, 1.82) is 0 Å². The standard InChI is InChI=1S/C12H19NO2/c1-3-7-13-9-12(14)15-11-6-4-5-10(2)8-11/h1,10-11,13H,4-9H2,2H3. The minimum atomic E-state index is -0.190. The van der Waals surface area contributed by atoms with E-state index in [4.69, 9.17) is 11.2 Å². The zero-order valence-corrected chi connectivity index (χ0v) is 9.29. The Morgan fingerprint density at radius 3 is 3.07 bits per heavy atom. The van der Waals surface area contributed by atoms with Gasteiger partial charge in [-0.05, 0) is 25.2 Å². The molecule has 0 aromatic heterocycles. The normalized spacial score (nSPS) is 25.6. The van der Waals surface area contributed by atoms with Crippen molar-refractivity contribution in [2.45, 2.75) is 38.7 Å². The van der Waals surface area contributed by atoms with Crippen LogP contribution < -0.4 is 5.32 Å². The lowest BCUT2D eigenvalue weighted by Gasteiger charge is -2.26. The summed E-state index contributed by atoms with van der Waals surface area (Å²) in [6, 6.07) is 0. The monoisotopic (exact) mass is 209 g/mol. The van der Waals surface area contributed by atoms with E-state index < -0.39 is 0 Å². The van der Waals surface area contributed by atoms with Gasteiger partial charge in [0.1, 0.15) is 6.10 Å². The number of ether oxygens (including phenoxy) is 1. The van der Waals surface area contributed by atoms with Crippen molar-refractivity contribution in [2.24, 2.45) is 5.92 Å². The van der Waals surface area contributed by atoms with Crippen LogP contribution in [0.2, 0.25) is 0 Å². The van der Waals surface area contributed by atoms with Gasteiger partial charge in [0.05, 0.1) is 13.1 Å². The van der Waals surface area contributed by atoms with Gasteiger partial charge in [-0.2, -0.15) is 0 Å². The van der Waals surface area contributed by atoms with Crippen LogP contribution in [0.5, 0.6) is 0 Å². The number of carbonyl (C=O) groups excluding carboxylic acids is 1. The predicted octanol–water partition coefficient (Wildman–Crippen LogP) is 1.33. The van der Waals surface area contributed by atoms with E-state index in [1.54, 1.807) is 0 Å². The second-order valence-electron chi connectivity index (χ2n) is 4.19. The second kappa shape index (κ2) is 6.47. The van der Waals surface area contributed by atoms with Crippen LogP contribution in [0.25, 0.3) is 0 Å². The van der Waals surface area contributed by atoms with E-state index in [0.717, 1.165) is 19.3 Å². The van der Waals surface area contributed by atoms with Crippen molar-refractivity contribution >= 4 is 5.97 Å². The van der Waals surface area contributed by atoms with Crippen LogP contribution in [0.15, 0.2) is 0 Å². The number of terminal acetylenes is 1. The summed E-state index contributed by atoms with van der Waals surface area (Å²) in [5.74, 6) is 2.90. The van der Waals surface area contributed by atoms with E-state index in [1.165, 1.54) is 6.42 Å². The van der Waals surface area contributed by atoms with Gasteiger partial charge < -0.3 is 4.74 Å². The Morgan fingerprint density at radius 1 is 1.60 bits per heavy atom. The summed E-state index contributed by atoms with van der Waals surface area (Å²) in [7, 11) is 0. The molecule has 0 bridgehead atoms. The van der Waals surface area contributed by atoms with E-state index >= 15 is 0 Å². The highest BCUT2D eigenvalue weighted by atomic mass is 16.5. The van der Waals surface area contributed by atoms with Crippen LogP contribution in [0, 0.1) is 18.3 Å². The Morgan fingerprint density at radius 2 is 2.40 bits per heavy atom. The van der Waals surface area contributed by atoms with Gasteiger partial charge in [0.2, 0.25) is 0 Å². The van der Waals surface area contributed by atoms with E-state index in [9.17, 15) is 4.79 Å². The highest BCUT2D eigenvalue weighted by Crippen LogP contribution is 2.25. The lowest BCUT2D eigenvalue weighted by molar-refractivity contribution is -0.149. The smallest absolute Gasteiger partial charge is 0.320 e. The molecule has 3 nitrogen and oxygen atoms in total. The average Bonchev–Trinajstić information content (AvgIpc) is 2.18. The van der Waals surface area contributed by atoms with Crippen molar-refractivity contribution in [2.75, 3.05) is 13.1 Å². The van der Waals surface area contributed by atoms with Crippen LogP contribution in [-0.4, -0.2) is 25.2 Å². The van der Waals surface area contributed by atoms with Gasteiger partial charge in [0.25, 0.3) is 0 Å². The van der Waals surface area contributed by atoms with Crippen molar-refractivity contribution in [1.82, 2.24) is 5.32 Å². The third-order valence-electron chi connectivity index (χ3n) is 2.68. The van der Waals surface area contributed by atoms with Crippen molar-refractivity contribution < 1.29 is 9.53 Å². The first-order chi connectivity index (χ1) is 7.22. The third kappa shape index (κ3) is 4.85. The van der Waals surface area contributed by atoms with E-state index in [2.05, 4.69) is 18.2 Å². The average molecular weight is 209 g/mol.